The summed E-state index contributed by atoms with van der Waals surface area (Å²) in [5.41, 5.74) is 1.26. The van der Waals surface area contributed by atoms with Crippen LogP contribution in [0.15, 0.2) is 54.4 Å². The second-order valence-electron chi connectivity index (χ2n) is 7.32. The molecule has 0 radical (unpaired) electrons. The van der Waals surface area contributed by atoms with E-state index in [4.69, 9.17) is 4.74 Å². The molecule has 0 saturated carbocycles. The second-order valence-corrected chi connectivity index (χ2v) is 7.32. The Morgan fingerprint density at radius 1 is 1.21 bits per heavy atom. The first-order valence-corrected chi connectivity index (χ1v) is 9.55. The zero-order valence-electron chi connectivity index (χ0n) is 16.9. The van der Waals surface area contributed by atoms with Gasteiger partial charge >= 0.3 is 0 Å². The van der Waals surface area contributed by atoms with E-state index in [0.29, 0.717) is 17.9 Å². The van der Waals surface area contributed by atoms with E-state index in [9.17, 15) is 14.7 Å². The fraction of sp³-hybridized carbons (Fsp3) is 0.318. The molecule has 2 aromatic rings. The van der Waals surface area contributed by atoms with Crippen LogP contribution in [0.1, 0.15) is 23.6 Å². The molecule has 1 amide bonds. The van der Waals surface area contributed by atoms with E-state index in [1.54, 1.807) is 36.3 Å². The lowest BCUT2D eigenvalue weighted by Crippen LogP contribution is -3.05. The molecule has 0 aliphatic carbocycles. The van der Waals surface area contributed by atoms with Crippen LogP contribution < -0.4 is 9.64 Å². The van der Waals surface area contributed by atoms with Gasteiger partial charge in [-0.15, -0.1) is 0 Å². The third-order valence-electron chi connectivity index (χ3n) is 4.98. The molecule has 1 saturated heterocycles. The van der Waals surface area contributed by atoms with E-state index < -0.39 is 17.7 Å². The molecule has 7 nitrogen and oxygen atoms in total. The monoisotopic (exact) mass is 396 g/mol. The Labute approximate surface area is 170 Å². The van der Waals surface area contributed by atoms with E-state index in [1.165, 1.54) is 17.3 Å². The highest BCUT2D eigenvalue weighted by atomic mass is 16.5. The molecule has 1 fully saturated rings. The second kappa shape index (κ2) is 8.87. The van der Waals surface area contributed by atoms with Crippen molar-refractivity contribution in [2.75, 3.05) is 34.3 Å². The van der Waals surface area contributed by atoms with Gasteiger partial charge < -0.3 is 19.6 Å². The van der Waals surface area contributed by atoms with Crippen molar-refractivity contribution in [3.63, 3.8) is 0 Å². The molecule has 2 N–H and O–H groups in total. The summed E-state index contributed by atoms with van der Waals surface area (Å²) in [6.45, 7) is 1.28. The SMILES string of the molecule is COc1cccc([C@H]2/C(=C(/O)c3ccncc3)C(=O)C(=O)N2CCC[NH+](C)C)c1. The van der Waals surface area contributed by atoms with Crippen molar-refractivity contribution in [2.24, 2.45) is 0 Å². The van der Waals surface area contributed by atoms with Crippen LogP contribution in [0.4, 0.5) is 0 Å². The van der Waals surface area contributed by atoms with E-state index in [0.717, 1.165) is 18.5 Å². The number of aliphatic hydroxyl groups is 1. The van der Waals surface area contributed by atoms with E-state index in [2.05, 4.69) is 4.98 Å². The molecule has 0 spiro atoms. The number of aromatic nitrogens is 1. The summed E-state index contributed by atoms with van der Waals surface area (Å²) in [6, 6.07) is 9.79. The Balaban J connectivity index is 2.09. The van der Waals surface area contributed by atoms with Crippen molar-refractivity contribution in [3.05, 3.63) is 65.5 Å². The van der Waals surface area contributed by atoms with E-state index in [-0.39, 0.29) is 11.3 Å². The number of methoxy groups -OCH3 is 1. The molecule has 1 aromatic carbocycles. The van der Waals surface area contributed by atoms with Crippen LogP contribution in [-0.4, -0.2) is 61.0 Å². The van der Waals surface area contributed by atoms with Crippen molar-refractivity contribution < 1.29 is 24.3 Å². The molecule has 0 unspecified atom stereocenters. The number of ketones is 1. The number of Topliss-reactive ketones (excluding diaryl/α,β-unsaturated/α-hetero) is 1. The molecule has 1 aliphatic heterocycles. The lowest BCUT2D eigenvalue weighted by atomic mass is 9.95. The van der Waals surface area contributed by atoms with Crippen LogP contribution >= 0.6 is 0 Å². The maximum Gasteiger partial charge on any atom is 0.295 e. The average Bonchev–Trinajstić information content (AvgIpc) is 2.98. The Bertz CT molecular complexity index is 925. The maximum absolute atomic E-state index is 12.9. The number of carbonyl (C=O) groups is 2. The molecule has 1 aromatic heterocycles. The van der Waals surface area contributed by atoms with E-state index in [1.807, 2.05) is 26.2 Å². The van der Waals surface area contributed by atoms with Gasteiger partial charge in [0.15, 0.2) is 0 Å². The highest BCUT2D eigenvalue weighted by molar-refractivity contribution is 6.46. The minimum Gasteiger partial charge on any atom is -0.507 e. The van der Waals surface area contributed by atoms with Gasteiger partial charge in [0.1, 0.15) is 11.5 Å². The number of carbonyl (C=O) groups excluding carboxylic acids is 2. The van der Waals surface area contributed by atoms with Crippen LogP contribution in [0.3, 0.4) is 0 Å². The van der Waals surface area contributed by atoms with Crippen molar-refractivity contribution >= 4 is 17.4 Å². The Hall–Kier alpha value is -3.19. The minimum atomic E-state index is -0.677. The number of hydrogen-bond donors (Lipinski definition) is 2. The third kappa shape index (κ3) is 4.30. The summed E-state index contributed by atoms with van der Waals surface area (Å²) in [6.07, 6.45) is 3.81. The molecule has 0 bridgehead atoms. The lowest BCUT2D eigenvalue weighted by Gasteiger charge is -2.25. The molecule has 1 atom stereocenters. The summed E-state index contributed by atoms with van der Waals surface area (Å²) in [5, 5.41) is 10.9. The molecule has 2 heterocycles. The van der Waals surface area contributed by atoms with Crippen LogP contribution in [0.5, 0.6) is 5.75 Å². The number of nitrogens with zero attached hydrogens (tertiary/aromatic N) is 2. The number of aliphatic hydroxyl groups excluding tert-OH is 1. The van der Waals surface area contributed by atoms with Gasteiger partial charge in [0.2, 0.25) is 0 Å². The zero-order valence-corrected chi connectivity index (χ0v) is 16.9. The standard InChI is InChI=1S/C22H25N3O4/c1-24(2)12-5-13-25-19(16-6-4-7-17(14-16)29-3)18(21(27)22(25)28)20(26)15-8-10-23-11-9-15/h4,6-11,14,19,26H,5,12-13H2,1-3H3/p+1/b20-18-/t19-/m0/s1. The predicted octanol–water partition coefficient (Wildman–Crippen LogP) is 1.05. The number of amides is 1. The van der Waals surface area contributed by atoms with Gasteiger partial charge in [-0.05, 0) is 29.8 Å². The fourth-order valence-electron chi connectivity index (χ4n) is 3.54. The number of quaternary nitrogens is 1. The first kappa shape index (κ1) is 20.5. The van der Waals surface area contributed by atoms with E-state index >= 15 is 0 Å². The number of rotatable bonds is 7. The van der Waals surface area contributed by atoms with Gasteiger partial charge in [-0.25, -0.2) is 0 Å². The predicted molar refractivity (Wildman–Crippen MR) is 109 cm³/mol. The fourth-order valence-corrected chi connectivity index (χ4v) is 3.54. The molecular weight excluding hydrogens is 370 g/mol. The van der Waals surface area contributed by atoms with Crippen molar-refractivity contribution in [1.29, 1.82) is 0 Å². The number of benzene rings is 1. The molecule has 3 rings (SSSR count). The molecule has 7 heteroatoms. The van der Waals surface area contributed by atoms with Gasteiger partial charge in [-0.1, -0.05) is 12.1 Å². The molecule has 29 heavy (non-hydrogen) atoms. The average molecular weight is 396 g/mol. The first-order chi connectivity index (χ1) is 13.9. The normalized spacial score (nSPS) is 18.5. The quantitative estimate of drug-likeness (QED) is 0.415. The number of ether oxygens (including phenoxy) is 1. The zero-order chi connectivity index (χ0) is 21.0. The smallest absolute Gasteiger partial charge is 0.295 e. The van der Waals surface area contributed by atoms with Gasteiger partial charge in [0.25, 0.3) is 11.7 Å². The largest absolute Gasteiger partial charge is 0.507 e. The van der Waals surface area contributed by atoms with Crippen LogP contribution in [0, 0.1) is 0 Å². The molecular formula is C22H26N3O4+. The summed E-state index contributed by atoms with van der Waals surface area (Å²) >= 11 is 0. The van der Waals surface area contributed by atoms with Crippen LogP contribution in [0.2, 0.25) is 0 Å². The highest BCUT2D eigenvalue weighted by Crippen LogP contribution is 2.40. The molecule has 152 valence electrons. The maximum atomic E-state index is 12.9. The Morgan fingerprint density at radius 2 is 1.93 bits per heavy atom. The summed E-state index contributed by atoms with van der Waals surface area (Å²) in [7, 11) is 5.64. The summed E-state index contributed by atoms with van der Waals surface area (Å²) in [5.74, 6) is -0.847. The summed E-state index contributed by atoms with van der Waals surface area (Å²) in [4.78, 5) is 32.5. The third-order valence-corrected chi connectivity index (χ3v) is 4.98. The van der Waals surface area contributed by atoms with Crippen LogP contribution in [-0.2, 0) is 9.59 Å². The van der Waals surface area contributed by atoms with Gasteiger partial charge in [0, 0.05) is 30.9 Å². The minimum absolute atomic E-state index is 0.0895. The number of nitrogens with one attached hydrogen (secondary N) is 1. The number of hydrogen-bond acceptors (Lipinski definition) is 5. The number of pyridine rings is 1. The van der Waals surface area contributed by atoms with Crippen molar-refractivity contribution in [2.45, 2.75) is 12.5 Å². The molecule has 1 aliphatic rings. The summed E-state index contributed by atoms with van der Waals surface area (Å²) < 4.78 is 5.32. The topological polar surface area (TPSA) is 84.2 Å². The first-order valence-electron chi connectivity index (χ1n) is 9.55. The lowest BCUT2D eigenvalue weighted by molar-refractivity contribution is -0.858. The van der Waals surface area contributed by atoms with Crippen molar-refractivity contribution in [1.82, 2.24) is 9.88 Å². The van der Waals surface area contributed by atoms with Gasteiger partial charge in [-0.2, -0.15) is 0 Å². The van der Waals surface area contributed by atoms with Crippen LogP contribution in [0.25, 0.3) is 5.76 Å². The van der Waals surface area contributed by atoms with Gasteiger partial charge in [-0.3, -0.25) is 14.6 Å². The highest BCUT2D eigenvalue weighted by Gasteiger charge is 2.45. The Morgan fingerprint density at radius 3 is 2.59 bits per heavy atom. The Kier molecular flexibility index (Phi) is 6.29. The number of likely N-dealkylation sites (tertiary alicyclic amines) is 1. The van der Waals surface area contributed by atoms with Crippen molar-refractivity contribution in [3.8, 4) is 5.75 Å². The van der Waals surface area contributed by atoms with Gasteiger partial charge in [0.05, 0.1) is 39.4 Å².